The second kappa shape index (κ2) is 6.36. The van der Waals surface area contributed by atoms with Crippen molar-refractivity contribution in [1.82, 2.24) is 5.32 Å². The highest BCUT2D eigenvalue weighted by atomic mass is 16.1. The Morgan fingerprint density at radius 2 is 2.05 bits per heavy atom. The van der Waals surface area contributed by atoms with Gasteiger partial charge in [0.25, 0.3) is 0 Å². The minimum absolute atomic E-state index is 0.126. The SMILES string of the molecule is CN(CCC(=O)NC1CCC1)c1ccc(C=O)cc1. The fourth-order valence-corrected chi connectivity index (χ4v) is 2.06. The summed E-state index contributed by atoms with van der Waals surface area (Å²) in [6, 6.07) is 7.77. The molecule has 102 valence electrons. The molecule has 0 radical (unpaired) electrons. The second-order valence-electron chi connectivity index (χ2n) is 5.08. The second-order valence-corrected chi connectivity index (χ2v) is 5.08. The third kappa shape index (κ3) is 3.81. The van der Waals surface area contributed by atoms with Crippen molar-refractivity contribution in [2.45, 2.75) is 31.7 Å². The van der Waals surface area contributed by atoms with Crippen LogP contribution >= 0.6 is 0 Å². The Labute approximate surface area is 113 Å². The number of carbonyl (C=O) groups excluding carboxylic acids is 2. The van der Waals surface area contributed by atoms with Crippen molar-refractivity contribution in [3.8, 4) is 0 Å². The standard InChI is InChI=1S/C15H20N2O2/c1-17(14-7-5-12(11-18)6-8-14)10-9-15(19)16-13-3-2-4-13/h5-8,11,13H,2-4,9-10H2,1H3,(H,16,19). The molecule has 1 aliphatic carbocycles. The molecule has 1 aromatic rings. The van der Waals surface area contributed by atoms with Crippen molar-refractivity contribution in [2.75, 3.05) is 18.5 Å². The lowest BCUT2D eigenvalue weighted by Gasteiger charge is -2.27. The van der Waals surface area contributed by atoms with Crippen LogP contribution in [0.3, 0.4) is 0 Å². The van der Waals surface area contributed by atoms with Crippen LogP contribution in [-0.4, -0.2) is 31.8 Å². The lowest BCUT2D eigenvalue weighted by atomic mass is 9.93. The van der Waals surface area contributed by atoms with Crippen molar-refractivity contribution in [1.29, 1.82) is 0 Å². The first-order valence-corrected chi connectivity index (χ1v) is 6.75. The van der Waals surface area contributed by atoms with Gasteiger partial charge in [-0.2, -0.15) is 0 Å². The van der Waals surface area contributed by atoms with Gasteiger partial charge in [-0.05, 0) is 43.5 Å². The summed E-state index contributed by atoms with van der Waals surface area (Å²) >= 11 is 0. The Morgan fingerprint density at radius 3 is 2.58 bits per heavy atom. The number of benzene rings is 1. The number of nitrogens with zero attached hydrogens (tertiary/aromatic N) is 1. The number of anilines is 1. The van der Waals surface area contributed by atoms with Crippen LogP contribution in [0.25, 0.3) is 0 Å². The molecule has 1 saturated carbocycles. The lowest BCUT2D eigenvalue weighted by Crippen LogP contribution is -2.40. The fourth-order valence-electron chi connectivity index (χ4n) is 2.06. The molecule has 1 aromatic carbocycles. The van der Waals surface area contributed by atoms with Crippen LogP contribution < -0.4 is 10.2 Å². The van der Waals surface area contributed by atoms with Crippen LogP contribution in [0.15, 0.2) is 24.3 Å². The zero-order chi connectivity index (χ0) is 13.7. The van der Waals surface area contributed by atoms with Gasteiger partial charge in [-0.1, -0.05) is 0 Å². The van der Waals surface area contributed by atoms with E-state index in [2.05, 4.69) is 5.32 Å². The lowest BCUT2D eigenvalue weighted by molar-refractivity contribution is -0.122. The third-order valence-electron chi connectivity index (χ3n) is 3.61. The van der Waals surface area contributed by atoms with Crippen LogP contribution in [-0.2, 0) is 4.79 Å². The largest absolute Gasteiger partial charge is 0.374 e. The molecule has 0 bridgehead atoms. The number of carbonyl (C=O) groups is 2. The maximum atomic E-state index is 11.7. The number of rotatable bonds is 6. The first-order chi connectivity index (χ1) is 9.19. The maximum Gasteiger partial charge on any atom is 0.221 e. The molecule has 4 heteroatoms. The topological polar surface area (TPSA) is 49.4 Å². The monoisotopic (exact) mass is 260 g/mol. The molecule has 0 spiro atoms. The van der Waals surface area contributed by atoms with Gasteiger partial charge in [-0.15, -0.1) is 0 Å². The summed E-state index contributed by atoms with van der Waals surface area (Å²) in [6.07, 6.45) is 4.80. The first kappa shape index (κ1) is 13.6. The van der Waals surface area contributed by atoms with Crippen LogP contribution in [0, 0.1) is 0 Å². The first-order valence-electron chi connectivity index (χ1n) is 6.75. The molecule has 1 fully saturated rings. The van der Waals surface area contributed by atoms with E-state index in [0.717, 1.165) is 24.8 Å². The van der Waals surface area contributed by atoms with Crippen molar-refractivity contribution >= 4 is 17.9 Å². The zero-order valence-electron chi connectivity index (χ0n) is 11.3. The summed E-state index contributed by atoms with van der Waals surface area (Å²) in [5.41, 5.74) is 1.68. The molecule has 1 aliphatic rings. The molecule has 0 atom stereocenters. The third-order valence-corrected chi connectivity index (χ3v) is 3.61. The molecule has 2 rings (SSSR count). The average molecular weight is 260 g/mol. The fraction of sp³-hybridized carbons (Fsp3) is 0.467. The van der Waals surface area contributed by atoms with Gasteiger partial charge >= 0.3 is 0 Å². The van der Waals surface area contributed by atoms with Gasteiger partial charge in [0.2, 0.25) is 5.91 Å². The zero-order valence-corrected chi connectivity index (χ0v) is 11.3. The molecule has 0 heterocycles. The van der Waals surface area contributed by atoms with Crippen molar-refractivity contribution in [3.63, 3.8) is 0 Å². The Kier molecular flexibility index (Phi) is 4.55. The van der Waals surface area contributed by atoms with E-state index in [9.17, 15) is 9.59 Å². The Balaban J connectivity index is 1.77. The van der Waals surface area contributed by atoms with Gasteiger partial charge in [0.05, 0.1) is 0 Å². The highest BCUT2D eigenvalue weighted by Gasteiger charge is 2.19. The van der Waals surface area contributed by atoms with E-state index in [1.807, 2.05) is 24.1 Å². The summed E-state index contributed by atoms with van der Waals surface area (Å²) < 4.78 is 0. The van der Waals surface area contributed by atoms with E-state index in [1.165, 1.54) is 6.42 Å². The van der Waals surface area contributed by atoms with Gasteiger partial charge in [0.1, 0.15) is 6.29 Å². The summed E-state index contributed by atoms with van der Waals surface area (Å²) in [5, 5.41) is 3.03. The van der Waals surface area contributed by atoms with E-state index in [4.69, 9.17) is 0 Å². The smallest absolute Gasteiger partial charge is 0.221 e. The molecule has 0 unspecified atom stereocenters. The number of hydrogen-bond donors (Lipinski definition) is 1. The Bertz CT molecular complexity index is 438. The highest BCUT2D eigenvalue weighted by molar-refractivity contribution is 5.77. The quantitative estimate of drug-likeness (QED) is 0.796. The molecule has 0 saturated heterocycles. The van der Waals surface area contributed by atoms with E-state index in [-0.39, 0.29) is 5.91 Å². The summed E-state index contributed by atoms with van der Waals surface area (Å²) in [6.45, 7) is 0.680. The number of aldehydes is 1. The van der Waals surface area contributed by atoms with Crippen molar-refractivity contribution in [3.05, 3.63) is 29.8 Å². The predicted molar refractivity (Wildman–Crippen MR) is 75.5 cm³/mol. The van der Waals surface area contributed by atoms with Gasteiger partial charge in [-0.25, -0.2) is 0 Å². The minimum Gasteiger partial charge on any atom is -0.374 e. The average Bonchev–Trinajstić information content (AvgIpc) is 2.40. The minimum atomic E-state index is 0.126. The summed E-state index contributed by atoms with van der Waals surface area (Å²) in [5.74, 6) is 0.126. The van der Waals surface area contributed by atoms with Crippen molar-refractivity contribution < 1.29 is 9.59 Å². The van der Waals surface area contributed by atoms with Gasteiger partial charge in [0.15, 0.2) is 0 Å². The van der Waals surface area contributed by atoms with Crippen molar-refractivity contribution in [2.24, 2.45) is 0 Å². The highest BCUT2D eigenvalue weighted by Crippen LogP contribution is 2.18. The summed E-state index contributed by atoms with van der Waals surface area (Å²) in [7, 11) is 1.95. The normalized spacial score (nSPS) is 14.6. The number of hydrogen-bond acceptors (Lipinski definition) is 3. The van der Waals surface area contributed by atoms with E-state index in [1.54, 1.807) is 12.1 Å². The van der Waals surface area contributed by atoms with E-state index < -0.39 is 0 Å². The number of amides is 1. The van der Waals surface area contributed by atoms with Gasteiger partial charge in [0, 0.05) is 37.3 Å². The van der Waals surface area contributed by atoms with Crippen LogP contribution in [0.2, 0.25) is 0 Å². The van der Waals surface area contributed by atoms with Crippen LogP contribution in [0.4, 0.5) is 5.69 Å². The molecule has 1 N–H and O–H groups in total. The molecule has 0 aliphatic heterocycles. The van der Waals surface area contributed by atoms with Gasteiger partial charge < -0.3 is 10.2 Å². The Morgan fingerprint density at radius 1 is 1.37 bits per heavy atom. The molecule has 19 heavy (non-hydrogen) atoms. The Hall–Kier alpha value is -1.84. The molecule has 4 nitrogen and oxygen atoms in total. The van der Waals surface area contributed by atoms with Crippen LogP contribution in [0.5, 0.6) is 0 Å². The number of nitrogens with one attached hydrogen (secondary N) is 1. The predicted octanol–water partition coefficient (Wildman–Crippen LogP) is 1.99. The van der Waals surface area contributed by atoms with Crippen LogP contribution in [0.1, 0.15) is 36.0 Å². The maximum absolute atomic E-state index is 11.7. The molecule has 1 amide bonds. The van der Waals surface area contributed by atoms with Gasteiger partial charge in [-0.3, -0.25) is 9.59 Å². The molecular weight excluding hydrogens is 240 g/mol. The molecule has 0 aromatic heterocycles. The summed E-state index contributed by atoms with van der Waals surface area (Å²) in [4.78, 5) is 24.3. The van der Waals surface area contributed by atoms with E-state index >= 15 is 0 Å². The molecular formula is C15H20N2O2. The van der Waals surface area contributed by atoms with E-state index in [0.29, 0.717) is 24.6 Å².